The number of carbonyl (C=O) groups is 1. The maximum Gasteiger partial charge on any atom is 0.291 e. The molecule has 0 aliphatic carbocycles. The van der Waals surface area contributed by atoms with E-state index in [1.165, 1.54) is 22.8 Å². The van der Waals surface area contributed by atoms with Crippen molar-refractivity contribution in [3.05, 3.63) is 87.1 Å². The van der Waals surface area contributed by atoms with Crippen LogP contribution in [0.4, 0.5) is 0 Å². The lowest BCUT2D eigenvalue weighted by molar-refractivity contribution is 0.101. The first-order valence-electron chi connectivity index (χ1n) is 9.11. The molecule has 8 heteroatoms. The van der Waals surface area contributed by atoms with Crippen LogP contribution in [0.2, 0.25) is 0 Å². The van der Waals surface area contributed by atoms with Gasteiger partial charge in [-0.25, -0.2) is 0 Å². The number of nitrogens with zero attached hydrogens (tertiary/aromatic N) is 4. The highest BCUT2D eigenvalue weighted by molar-refractivity contribution is 7.15. The van der Waals surface area contributed by atoms with Crippen molar-refractivity contribution in [2.45, 2.75) is 6.92 Å². The molecule has 0 amide bonds. The van der Waals surface area contributed by atoms with Crippen LogP contribution in [0.5, 0.6) is 0 Å². The van der Waals surface area contributed by atoms with E-state index < -0.39 is 0 Å². The van der Waals surface area contributed by atoms with Gasteiger partial charge in [0.25, 0.3) is 5.56 Å². The molecular weight excluding hydrogens is 400 g/mol. The van der Waals surface area contributed by atoms with Crippen LogP contribution in [-0.2, 0) is 0 Å². The molecule has 0 saturated heterocycles. The number of ketones is 1. The number of aromatic nitrogens is 4. The largest absolute Gasteiger partial charge is 0.457 e. The predicted molar refractivity (Wildman–Crippen MR) is 113 cm³/mol. The number of hydrogen-bond donors (Lipinski definition) is 0. The minimum absolute atomic E-state index is 0.0148. The predicted octanol–water partition coefficient (Wildman–Crippen LogP) is 3.22. The summed E-state index contributed by atoms with van der Waals surface area (Å²) in [6.07, 6.45) is 5.01. The molecule has 4 aromatic heterocycles. The van der Waals surface area contributed by atoms with Crippen LogP contribution in [0.25, 0.3) is 33.7 Å². The van der Waals surface area contributed by atoms with Crippen LogP contribution in [-0.4, -0.2) is 25.4 Å². The molecule has 1 aromatic carbocycles. The van der Waals surface area contributed by atoms with E-state index in [1.807, 2.05) is 24.3 Å². The fourth-order valence-electron chi connectivity index (χ4n) is 3.04. The average molecular weight is 414 g/mol. The molecule has 0 fully saturated rings. The highest BCUT2D eigenvalue weighted by atomic mass is 32.1. The Hall–Kier alpha value is -3.91. The van der Waals surface area contributed by atoms with Gasteiger partial charge in [-0.05, 0) is 31.2 Å². The Bertz CT molecular complexity index is 1480. The second kappa shape index (κ2) is 7.16. The molecule has 0 atom stereocenters. The number of hydrogen-bond acceptors (Lipinski definition) is 7. The maximum absolute atomic E-state index is 12.7. The van der Waals surface area contributed by atoms with Crippen molar-refractivity contribution in [3.63, 3.8) is 0 Å². The fourth-order valence-corrected chi connectivity index (χ4v) is 3.92. The fraction of sp³-hybridized carbons (Fsp3) is 0.0455. The van der Waals surface area contributed by atoms with Crippen molar-refractivity contribution in [1.29, 1.82) is 0 Å². The summed E-state index contributed by atoms with van der Waals surface area (Å²) in [5.41, 5.74) is 2.00. The van der Waals surface area contributed by atoms with Crippen molar-refractivity contribution in [2.24, 2.45) is 0 Å². The molecule has 146 valence electrons. The summed E-state index contributed by atoms with van der Waals surface area (Å²) >= 11 is 1.25. The van der Waals surface area contributed by atoms with E-state index >= 15 is 0 Å². The zero-order chi connectivity index (χ0) is 20.7. The highest BCUT2D eigenvalue weighted by Gasteiger charge is 2.12. The Balaban J connectivity index is 1.48. The number of thiazole rings is 1. The van der Waals surface area contributed by atoms with Crippen LogP contribution in [0.1, 0.15) is 23.0 Å². The smallest absolute Gasteiger partial charge is 0.291 e. The minimum Gasteiger partial charge on any atom is -0.457 e. The van der Waals surface area contributed by atoms with Gasteiger partial charge >= 0.3 is 0 Å². The van der Waals surface area contributed by atoms with Crippen molar-refractivity contribution >= 4 is 28.2 Å². The van der Waals surface area contributed by atoms with Crippen LogP contribution >= 0.6 is 11.3 Å². The average Bonchev–Trinajstić information content (AvgIpc) is 3.47. The van der Waals surface area contributed by atoms with E-state index in [-0.39, 0.29) is 11.3 Å². The van der Waals surface area contributed by atoms with Crippen LogP contribution in [0.15, 0.2) is 70.1 Å². The molecular formula is C22H14N4O3S. The van der Waals surface area contributed by atoms with Gasteiger partial charge in [-0.3, -0.25) is 14.6 Å². The summed E-state index contributed by atoms with van der Waals surface area (Å²) in [5, 5.41) is 4.31. The van der Waals surface area contributed by atoms with E-state index in [2.05, 4.69) is 15.1 Å². The molecule has 0 saturated carbocycles. The standard InChI is InChI=1S/C22H14N4O3S/c1-13(27)14-4-6-15(7-5-14)18-9-8-17(29-18)11-19-21(28)26-22(30-19)24-20(25-26)16-3-2-10-23-12-16/h2-12H,1H3. The van der Waals surface area contributed by atoms with E-state index in [9.17, 15) is 9.59 Å². The van der Waals surface area contributed by atoms with Crippen molar-refractivity contribution in [2.75, 3.05) is 0 Å². The van der Waals surface area contributed by atoms with Gasteiger partial charge in [0.05, 0.1) is 0 Å². The quantitative estimate of drug-likeness (QED) is 0.420. The lowest BCUT2D eigenvalue weighted by Crippen LogP contribution is -2.23. The molecule has 0 spiro atoms. The Morgan fingerprint density at radius 2 is 1.93 bits per heavy atom. The molecule has 0 aliphatic heterocycles. The van der Waals surface area contributed by atoms with E-state index in [0.29, 0.717) is 32.4 Å². The third kappa shape index (κ3) is 3.23. The van der Waals surface area contributed by atoms with Gasteiger partial charge in [-0.1, -0.05) is 35.6 Å². The Labute approximate surface area is 174 Å². The number of pyridine rings is 1. The summed E-state index contributed by atoms with van der Waals surface area (Å²) in [5.74, 6) is 1.69. The van der Waals surface area contributed by atoms with Crippen molar-refractivity contribution < 1.29 is 9.21 Å². The summed E-state index contributed by atoms with van der Waals surface area (Å²) < 4.78 is 7.64. The zero-order valence-corrected chi connectivity index (χ0v) is 16.6. The first-order valence-corrected chi connectivity index (χ1v) is 9.93. The first kappa shape index (κ1) is 18.1. The zero-order valence-electron chi connectivity index (χ0n) is 15.8. The van der Waals surface area contributed by atoms with Gasteiger partial charge in [0.2, 0.25) is 4.96 Å². The first-order chi connectivity index (χ1) is 14.6. The maximum atomic E-state index is 12.7. The van der Waals surface area contributed by atoms with Gasteiger partial charge in [-0.15, -0.1) is 5.10 Å². The molecule has 7 nitrogen and oxygen atoms in total. The van der Waals surface area contributed by atoms with Crippen molar-refractivity contribution in [3.8, 4) is 22.7 Å². The molecule has 0 aliphatic rings. The summed E-state index contributed by atoms with van der Waals surface area (Å²) in [6.45, 7) is 1.53. The molecule has 0 bridgehead atoms. The molecule has 0 N–H and O–H groups in total. The van der Waals surface area contributed by atoms with Crippen LogP contribution in [0.3, 0.4) is 0 Å². The molecule has 0 unspecified atom stereocenters. The number of furan rings is 1. The number of fused-ring (bicyclic) bond motifs is 1. The number of Topliss-reactive ketones (excluding diaryl/α,β-unsaturated/α-hetero) is 1. The Morgan fingerprint density at radius 1 is 1.10 bits per heavy atom. The van der Waals surface area contributed by atoms with Crippen LogP contribution in [0, 0.1) is 0 Å². The highest BCUT2D eigenvalue weighted by Crippen LogP contribution is 2.23. The number of rotatable bonds is 4. The van der Waals surface area contributed by atoms with E-state index in [4.69, 9.17) is 4.42 Å². The monoisotopic (exact) mass is 414 g/mol. The molecule has 30 heavy (non-hydrogen) atoms. The topological polar surface area (TPSA) is 90.4 Å². The summed E-state index contributed by atoms with van der Waals surface area (Å²) in [4.78, 5) is 33.1. The number of carbonyl (C=O) groups excluding carboxylic acids is 1. The summed E-state index contributed by atoms with van der Waals surface area (Å²) in [6, 6.07) is 14.5. The number of benzene rings is 1. The van der Waals surface area contributed by atoms with Gasteiger partial charge in [0.15, 0.2) is 11.6 Å². The third-order valence-corrected chi connectivity index (χ3v) is 5.54. The second-order valence-corrected chi connectivity index (χ2v) is 7.63. The lowest BCUT2D eigenvalue weighted by atomic mass is 10.1. The Morgan fingerprint density at radius 3 is 2.63 bits per heavy atom. The SMILES string of the molecule is CC(=O)c1ccc(-c2ccc(C=c3sc4nc(-c5cccnc5)nn4c3=O)o2)cc1. The molecule has 5 aromatic rings. The second-order valence-electron chi connectivity index (χ2n) is 6.62. The third-order valence-electron chi connectivity index (χ3n) is 4.58. The summed E-state index contributed by atoms with van der Waals surface area (Å²) in [7, 11) is 0. The van der Waals surface area contributed by atoms with E-state index in [1.54, 1.807) is 42.7 Å². The van der Waals surface area contributed by atoms with Gasteiger partial charge in [0, 0.05) is 35.2 Å². The van der Waals surface area contributed by atoms with Crippen molar-refractivity contribution in [1.82, 2.24) is 19.6 Å². The van der Waals surface area contributed by atoms with Crippen LogP contribution < -0.4 is 10.1 Å². The molecule has 5 rings (SSSR count). The van der Waals surface area contributed by atoms with Gasteiger partial charge in [-0.2, -0.15) is 9.50 Å². The normalized spacial score (nSPS) is 12.0. The molecule has 0 radical (unpaired) electrons. The van der Waals surface area contributed by atoms with E-state index in [0.717, 1.165) is 11.1 Å². The lowest BCUT2D eigenvalue weighted by Gasteiger charge is -1.98. The van der Waals surface area contributed by atoms with Gasteiger partial charge < -0.3 is 4.42 Å². The minimum atomic E-state index is -0.249. The molecule has 4 heterocycles. The Kier molecular flexibility index (Phi) is 4.33. The van der Waals surface area contributed by atoms with Gasteiger partial charge in [0.1, 0.15) is 16.1 Å².